The van der Waals surface area contributed by atoms with Crippen molar-refractivity contribution >= 4 is 23.4 Å². The Labute approximate surface area is 108 Å². The Morgan fingerprint density at radius 1 is 1.33 bits per heavy atom. The maximum atomic E-state index is 13.2. The molecule has 2 rings (SSSR count). The zero-order valence-corrected chi connectivity index (χ0v) is 10.2. The third-order valence-corrected chi connectivity index (χ3v) is 2.40. The highest BCUT2D eigenvalue weighted by molar-refractivity contribution is 6.30. The summed E-state index contributed by atoms with van der Waals surface area (Å²) in [6, 6.07) is 5.64. The molecule has 0 saturated heterocycles. The minimum absolute atomic E-state index is 0.0282. The Morgan fingerprint density at radius 3 is 2.78 bits per heavy atom. The molecule has 7 heteroatoms. The standard InChI is InChI=1S/C11H10ClFN4O/c1-15-9-5-10(17-11(14)16-9)18-6-2-3-7(12)8(13)4-6/h2-5H,1H3,(H3,14,15,16,17). The van der Waals surface area contributed by atoms with Gasteiger partial charge in [-0.25, -0.2) is 4.39 Å². The van der Waals surface area contributed by atoms with Gasteiger partial charge in [-0.15, -0.1) is 0 Å². The number of halogens is 2. The summed E-state index contributed by atoms with van der Waals surface area (Å²) in [5, 5.41) is 2.84. The molecule has 1 aromatic carbocycles. The third-order valence-electron chi connectivity index (χ3n) is 2.09. The summed E-state index contributed by atoms with van der Waals surface area (Å²) in [6.07, 6.45) is 0. The number of hydrogen-bond acceptors (Lipinski definition) is 5. The van der Waals surface area contributed by atoms with E-state index in [2.05, 4.69) is 15.3 Å². The summed E-state index contributed by atoms with van der Waals surface area (Å²) in [5.41, 5.74) is 5.51. The molecule has 0 bridgehead atoms. The van der Waals surface area contributed by atoms with Crippen LogP contribution in [0.2, 0.25) is 5.02 Å². The van der Waals surface area contributed by atoms with Crippen molar-refractivity contribution in [2.75, 3.05) is 18.1 Å². The lowest BCUT2D eigenvalue weighted by Crippen LogP contribution is -2.01. The van der Waals surface area contributed by atoms with Crippen molar-refractivity contribution in [3.05, 3.63) is 35.1 Å². The summed E-state index contributed by atoms with van der Waals surface area (Å²) in [7, 11) is 1.69. The Morgan fingerprint density at radius 2 is 2.11 bits per heavy atom. The van der Waals surface area contributed by atoms with Crippen LogP contribution in [0.25, 0.3) is 0 Å². The van der Waals surface area contributed by atoms with E-state index >= 15 is 0 Å². The molecule has 0 fully saturated rings. The Hall–Kier alpha value is -2.08. The normalized spacial score (nSPS) is 10.2. The molecule has 0 saturated carbocycles. The second kappa shape index (κ2) is 5.05. The molecule has 18 heavy (non-hydrogen) atoms. The van der Waals surface area contributed by atoms with Gasteiger partial charge in [-0.3, -0.25) is 0 Å². The van der Waals surface area contributed by atoms with Gasteiger partial charge in [0.1, 0.15) is 17.4 Å². The highest BCUT2D eigenvalue weighted by atomic mass is 35.5. The molecule has 0 aliphatic rings. The van der Waals surface area contributed by atoms with E-state index in [1.54, 1.807) is 13.1 Å². The van der Waals surface area contributed by atoms with Crippen molar-refractivity contribution in [3.63, 3.8) is 0 Å². The second-order valence-electron chi connectivity index (χ2n) is 3.38. The van der Waals surface area contributed by atoms with Gasteiger partial charge in [0.25, 0.3) is 0 Å². The number of nitrogen functional groups attached to an aromatic ring is 1. The molecule has 2 aromatic rings. The van der Waals surface area contributed by atoms with Gasteiger partial charge in [-0.2, -0.15) is 9.97 Å². The lowest BCUT2D eigenvalue weighted by molar-refractivity contribution is 0.458. The first-order valence-corrected chi connectivity index (χ1v) is 5.41. The SMILES string of the molecule is CNc1cc(Oc2ccc(Cl)c(F)c2)nc(N)n1. The number of anilines is 2. The van der Waals surface area contributed by atoms with Gasteiger partial charge in [0, 0.05) is 19.2 Å². The van der Waals surface area contributed by atoms with E-state index in [9.17, 15) is 4.39 Å². The molecule has 94 valence electrons. The molecule has 0 amide bonds. The van der Waals surface area contributed by atoms with Gasteiger partial charge < -0.3 is 15.8 Å². The van der Waals surface area contributed by atoms with Gasteiger partial charge >= 0.3 is 0 Å². The number of rotatable bonds is 3. The maximum Gasteiger partial charge on any atom is 0.226 e. The third kappa shape index (κ3) is 2.78. The van der Waals surface area contributed by atoms with Crippen LogP contribution in [0.15, 0.2) is 24.3 Å². The molecular formula is C11H10ClFN4O. The summed E-state index contributed by atoms with van der Waals surface area (Å²) >= 11 is 5.57. The largest absolute Gasteiger partial charge is 0.439 e. The van der Waals surface area contributed by atoms with Crippen molar-refractivity contribution in [2.45, 2.75) is 0 Å². The molecular weight excluding hydrogens is 259 g/mol. The maximum absolute atomic E-state index is 13.2. The quantitative estimate of drug-likeness (QED) is 0.895. The Balaban J connectivity index is 2.27. The summed E-state index contributed by atoms with van der Waals surface area (Å²) in [6.45, 7) is 0. The first-order chi connectivity index (χ1) is 8.58. The van der Waals surface area contributed by atoms with Crippen molar-refractivity contribution in [1.82, 2.24) is 9.97 Å². The Bertz CT molecular complexity index is 579. The molecule has 0 radical (unpaired) electrons. The highest BCUT2D eigenvalue weighted by Crippen LogP contribution is 2.25. The zero-order chi connectivity index (χ0) is 13.1. The summed E-state index contributed by atoms with van der Waals surface area (Å²) in [5.74, 6) is 0.494. The topological polar surface area (TPSA) is 73.1 Å². The zero-order valence-electron chi connectivity index (χ0n) is 9.45. The van der Waals surface area contributed by atoms with Crippen LogP contribution in [-0.2, 0) is 0 Å². The fourth-order valence-electron chi connectivity index (χ4n) is 1.28. The van der Waals surface area contributed by atoms with E-state index in [0.717, 1.165) is 0 Å². The van der Waals surface area contributed by atoms with Gasteiger partial charge in [-0.05, 0) is 12.1 Å². The monoisotopic (exact) mass is 268 g/mol. The number of ether oxygens (including phenoxy) is 1. The number of benzene rings is 1. The molecule has 0 spiro atoms. The molecule has 3 N–H and O–H groups in total. The molecule has 0 aliphatic carbocycles. The number of nitrogens with zero attached hydrogens (tertiary/aromatic N) is 2. The average Bonchev–Trinajstić information content (AvgIpc) is 2.33. The summed E-state index contributed by atoms with van der Waals surface area (Å²) in [4.78, 5) is 7.78. The predicted molar refractivity (Wildman–Crippen MR) is 67.5 cm³/mol. The fraction of sp³-hybridized carbons (Fsp3) is 0.0909. The van der Waals surface area contributed by atoms with E-state index < -0.39 is 5.82 Å². The number of hydrogen-bond donors (Lipinski definition) is 2. The highest BCUT2D eigenvalue weighted by Gasteiger charge is 2.06. The minimum atomic E-state index is -0.565. The van der Waals surface area contributed by atoms with Gasteiger partial charge in [0.05, 0.1) is 5.02 Å². The van der Waals surface area contributed by atoms with Crippen molar-refractivity contribution in [2.24, 2.45) is 0 Å². The molecule has 0 atom stereocenters. The van der Waals surface area contributed by atoms with Crippen molar-refractivity contribution in [1.29, 1.82) is 0 Å². The van der Waals surface area contributed by atoms with Crippen LogP contribution in [0.3, 0.4) is 0 Å². The fourth-order valence-corrected chi connectivity index (χ4v) is 1.40. The van der Waals surface area contributed by atoms with Crippen molar-refractivity contribution in [3.8, 4) is 11.6 Å². The lowest BCUT2D eigenvalue weighted by atomic mass is 10.3. The Kier molecular flexibility index (Phi) is 3.47. The van der Waals surface area contributed by atoms with Crippen LogP contribution in [0.4, 0.5) is 16.2 Å². The van der Waals surface area contributed by atoms with Crippen molar-refractivity contribution < 1.29 is 9.13 Å². The van der Waals surface area contributed by atoms with Crippen LogP contribution in [0.1, 0.15) is 0 Å². The first kappa shape index (κ1) is 12.4. The molecule has 1 heterocycles. The van der Waals surface area contributed by atoms with E-state index in [0.29, 0.717) is 5.82 Å². The van der Waals surface area contributed by atoms with Gasteiger partial charge in [0.2, 0.25) is 11.8 Å². The van der Waals surface area contributed by atoms with E-state index in [4.69, 9.17) is 22.1 Å². The molecule has 1 aromatic heterocycles. The van der Waals surface area contributed by atoms with Crippen LogP contribution < -0.4 is 15.8 Å². The lowest BCUT2D eigenvalue weighted by Gasteiger charge is -2.07. The molecule has 5 nitrogen and oxygen atoms in total. The average molecular weight is 269 g/mol. The minimum Gasteiger partial charge on any atom is -0.439 e. The number of aromatic nitrogens is 2. The number of nitrogens with two attached hydrogens (primary N) is 1. The smallest absolute Gasteiger partial charge is 0.226 e. The van der Waals surface area contributed by atoms with E-state index in [-0.39, 0.29) is 22.6 Å². The van der Waals surface area contributed by atoms with Crippen LogP contribution >= 0.6 is 11.6 Å². The van der Waals surface area contributed by atoms with Gasteiger partial charge in [0.15, 0.2) is 0 Å². The van der Waals surface area contributed by atoms with Crippen LogP contribution in [0.5, 0.6) is 11.6 Å². The summed E-state index contributed by atoms with van der Waals surface area (Å²) < 4.78 is 18.6. The van der Waals surface area contributed by atoms with Crippen LogP contribution in [-0.4, -0.2) is 17.0 Å². The van der Waals surface area contributed by atoms with E-state index in [1.807, 2.05) is 0 Å². The second-order valence-corrected chi connectivity index (χ2v) is 3.78. The molecule has 0 aliphatic heterocycles. The van der Waals surface area contributed by atoms with Gasteiger partial charge in [-0.1, -0.05) is 11.6 Å². The number of nitrogens with one attached hydrogen (secondary N) is 1. The molecule has 0 unspecified atom stereocenters. The van der Waals surface area contributed by atoms with Crippen LogP contribution in [0, 0.1) is 5.82 Å². The van der Waals surface area contributed by atoms with E-state index in [1.165, 1.54) is 18.2 Å². The predicted octanol–water partition coefficient (Wildman–Crippen LogP) is 2.69. The first-order valence-electron chi connectivity index (χ1n) is 5.03.